The molecule has 0 amide bonds. The van der Waals surface area contributed by atoms with E-state index in [1.807, 2.05) is 6.07 Å². The van der Waals surface area contributed by atoms with Gasteiger partial charge in [-0.25, -0.2) is 4.68 Å². The zero-order valence-electron chi connectivity index (χ0n) is 8.94. The molecule has 0 spiro atoms. The second-order valence-electron chi connectivity index (χ2n) is 3.73. The summed E-state index contributed by atoms with van der Waals surface area (Å²) >= 11 is 17.9. The molecule has 0 saturated carbocycles. The Hall–Kier alpha value is -1.29. The fraction of sp³-hybridized carbons (Fsp3) is 0. The molecule has 0 bridgehead atoms. The van der Waals surface area contributed by atoms with Gasteiger partial charge in [-0.2, -0.15) is 0 Å². The van der Waals surface area contributed by atoms with Gasteiger partial charge in [0.25, 0.3) is 0 Å². The number of nitrogens with zero attached hydrogens (tertiary/aromatic N) is 3. The van der Waals surface area contributed by atoms with Gasteiger partial charge in [0, 0.05) is 10.0 Å². The molecule has 6 heteroatoms. The normalized spacial score (nSPS) is 11.1. The Kier molecular flexibility index (Phi) is 2.90. The molecule has 0 aliphatic rings. The summed E-state index contributed by atoms with van der Waals surface area (Å²) in [4.78, 5) is 0. The monoisotopic (exact) mass is 297 g/mol. The first-order valence-electron chi connectivity index (χ1n) is 5.11. The van der Waals surface area contributed by atoms with Gasteiger partial charge in [-0.15, -0.1) is 5.10 Å². The zero-order valence-corrected chi connectivity index (χ0v) is 11.2. The molecule has 0 saturated heterocycles. The van der Waals surface area contributed by atoms with E-state index in [1.165, 1.54) is 0 Å². The van der Waals surface area contributed by atoms with Gasteiger partial charge >= 0.3 is 0 Å². The first kappa shape index (κ1) is 11.8. The highest BCUT2D eigenvalue weighted by atomic mass is 35.5. The van der Waals surface area contributed by atoms with Crippen molar-refractivity contribution in [3.05, 3.63) is 51.5 Å². The van der Waals surface area contributed by atoms with Crippen LogP contribution in [0.3, 0.4) is 0 Å². The quantitative estimate of drug-likeness (QED) is 0.667. The molecular formula is C12H6Cl3N3. The van der Waals surface area contributed by atoms with Crippen LogP contribution in [0.5, 0.6) is 0 Å². The number of aromatic nitrogens is 3. The van der Waals surface area contributed by atoms with E-state index in [0.29, 0.717) is 20.6 Å². The molecule has 0 aliphatic heterocycles. The molecule has 3 aromatic rings. The molecule has 2 aromatic carbocycles. The van der Waals surface area contributed by atoms with E-state index in [1.54, 1.807) is 35.0 Å². The highest BCUT2D eigenvalue weighted by molar-refractivity contribution is 6.35. The van der Waals surface area contributed by atoms with Crippen LogP contribution in [-0.2, 0) is 0 Å². The smallest absolute Gasteiger partial charge is 0.115 e. The average molecular weight is 299 g/mol. The van der Waals surface area contributed by atoms with Gasteiger partial charge < -0.3 is 0 Å². The van der Waals surface area contributed by atoms with Crippen molar-refractivity contribution in [3.8, 4) is 5.69 Å². The molecule has 0 radical (unpaired) electrons. The summed E-state index contributed by atoms with van der Waals surface area (Å²) in [5.74, 6) is 0. The van der Waals surface area contributed by atoms with Crippen molar-refractivity contribution in [1.29, 1.82) is 0 Å². The van der Waals surface area contributed by atoms with E-state index in [0.717, 1.165) is 11.2 Å². The third kappa shape index (κ3) is 1.94. The topological polar surface area (TPSA) is 30.7 Å². The van der Waals surface area contributed by atoms with Crippen molar-refractivity contribution in [3.63, 3.8) is 0 Å². The molecule has 0 fully saturated rings. The van der Waals surface area contributed by atoms with Gasteiger partial charge in [-0.05, 0) is 36.4 Å². The van der Waals surface area contributed by atoms with E-state index in [2.05, 4.69) is 10.3 Å². The predicted molar refractivity (Wildman–Crippen MR) is 73.9 cm³/mol. The Morgan fingerprint density at radius 2 is 1.61 bits per heavy atom. The zero-order chi connectivity index (χ0) is 12.7. The first-order valence-corrected chi connectivity index (χ1v) is 6.25. The maximum Gasteiger partial charge on any atom is 0.115 e. The molecule has 0 aliphatic carbocycles. The molecule has 1 heterocycles. The van der Waals surface area contributed by atoms with Crippen LogP contribution in [0.4, 0.5) is 0 Å². The highest BCUT2D eigenvalue weighted by Crippen LogP contribution is 2.27. The molecule has 1 aromatic heterocycles. The number of halogens is 3. The van der Waals surface area contributed by atoms with E-state index in [-0.39, 0.29) is 0 Å². The number of hydrogen-bond donors (Lipinski definition) is 0. The van der Waals surface area contributed by atoms with Crippen molar-refractivity contribution in [2.45, 2.75) is 0 Å². The van der Waals surface area contributed by atoms with Crippen LogP contribution in [0.25, 0.3) is 16.7 Å². The number of hydrogen-bond acceptors (Lipinski definition) is 2. The van der Waals surface area contributed by atoms with Crippen LogP contribution < -0.4 is 0 Å². The number of rotatable bonds is 1. The molecule has 0 unspecified atom stereocenters. The fourth-order valence-corrected chi connectivity index (χ4v) is 2.38. The van der Waals surface area contributed by atoms with E-state index < -0.39 is 0 Å². The van der Waals surface area contributed by atoms with Crippen LogP contribution >= 0.6 is 34.8 Å². The van der Waals surface area contributed by atoms with Crippen molar-refractivity contribution in [2.75, 3.05) is 0 Å². The van der Waals surface area contributed by atoms with Gasteiger partial charge in [0.1, 0.15) is 5.52 Å². The van der Waals surface area contributed by atoms with Crippen LogP contribution in [0.15, 0.2) is 36.4 Å². The van der Waals surface area contributed by atoms with Crippen LogP contribution in [-0.4, -0.2) is 15.0 Å². The summed E-state index contributed by atoms with van der Waals surface area (Å²) in [6.45, 7) is 0. The Labute approximate surface area is 118 Å². The molecule has 3 rings (SSSR count). The van der Waals surface area contributed by atoms with Gasteiger partial charge in [-0.3, -0.25) is 0 Å². The predicted octanol–water partition coefficient (Wildman–Crippen LogP) is 4.38. The lowest BCUT2D eigenvalue weighted by molar-refractivity contribution is 0.824. The summed E-state index contributed by atoms with van der Waals surface area (Å²) in [6, 6.07) is 10.6. The summed E-state index contributed by atoms with van der Waals surface area (Å²) in [5, 5.41) is 9.85. The maximum atomic E-state index is 6.15. The Morgan fingerprint density at radius 1 is 0.889 bits per heavy atom. The lowest BCUT2D eigenvalue weighted by Crippen LogP contribution is -1.97. The summed E-state index contributed by atoms with van der Waals surface area (Å²) in [7, 11) is 0. The summed E-state index contributed by atoms with van der Waals surface area (Å²) in [5.41, 5.74) is 2.28. The van der Waals surface area contributed by atoms with Crippen LogP contribution in [0.2, 0.25) is 15.1 Å². The van der Waals surface area contributed by atoms with Gasteiger partial charge in [0.2, 0.25) is 0 Å². The van der Waals surface area contributed by atoms with Gasteiger partial charge in [-0.1, -0.05) is 40.0 Å². The fourth-order valence-electron chi connectivity index (χ4n) is 1.73. The van der Waals surface area contributed by atoms with Crippen molar-refractivity contribution >= 4 is 45.8 Å². The second kappa shape index (κ2) is 4.43. The largest absolute Gasteiger partial charge is 0.211 e. The second-order valence-corrected chi connectivity index (χ2v) is 5.01. The minimum absolute atomic E-state index is 0.518. The van der Waals surface area contributed by atoms with Crippen molar-refractivity contribution in [1.82, 2.24) is 15.0 Å². The molecule has 18 heavy (non-hydrogen) atoms. The highest BCUT2D eigenvalue weighted by Gasteiger charge is 2.10. The molecule has 90 valence electrons. The lowest BCUT2D eigenvalue weighted by Gasteiger charge is -2.05. The number of benzene rings is 2. The van der Waals surface area contributed by atoms with Gasteiger partial charge in [0.15, 0.2) is 0 Å². The molecule has 0 atom stereocenters. The minimum atomic E-state index is 0.518. The maximum absolute atomic E-state index is 6.15. The average Bonchev–Trinajstić information content (AvgIpc) is 2.72. The minimum Gasteiger partial charge on any atom is -0.211 e. The summed E-state index contributed by atoms with van der Waals surface area (Å²) in [6.07, 6.45) is 0. The van der Waals surface area contributed by atoms with E-state index >= 15 is 0 Å². The number of fused-ring (bicyclic) bond motifs is 1. The first-order chi connectivity index (χ1) is 8.65. The van der Waals surface area contributed by atoms with Crippen LogP contribution in [0.1, 0.15) is 0 Å². The van der Waals surface area contributed by atoms with E-state index in [4.69, 9.17) is 34.8 Å². The standard InChI is InChI=1S/C12H6Cl3N3/c13-7-1-3-11(9(15)5-7)18-12-4-2-8(14)6-10(12)16-17-18/h1-6H. The third-order valence-corrected chi connectivity index (χ3v) is 3.32. The lowest BCUT2D eigenvalue weighted by atomic mass is 10.3. The van der Waals surface area contributed by atoms with Crippen LogP contribution in [0, 0.1) is 0 Å². The van der Waals surface area contributed by atoms with E-state index in [9.17, 15) is 0 Å². The van der Waals surface area contributed by atoms with Crippen molar-refractivity contribution in [2.24, 2.45) is 0 Å². The molecule has 0 N–H and O–H groups in total. The Balaban J connectivity index is 2.25. The third-order valence-electron chi connectivity index (χ3n) is 2.55. The summed E-state index contributed by atoms with van der Waals surface area (Å²) < 4.78 is 1.66. The molecular weight excluding hydrogens is 293 g/mol. The molecule has 3 nitrogen and oxygen atoms in total. The van der Waals surface area contributed by atoms with Gasteiger partial charge in [0.05, 0.1) is 16.2 Å². The van der Waals surface area contributed by atoms with Crippen molar-refractivity contribution < 1.29 is 0 Å². The Bertz CT molecular complexity index is 737. The Morgan fingerprint density at radius 3 is 2.39 bits per heavy atom. The SMILES string of the molecule is Clc1ccc(-n2nnc3cc(Cl)ccc32)c(Cl)c1.